The Kier molecular flexibility index (Phi) is 7.81. The average molecular weight is 603 g/mol. The van der Waals surface area contributed by atoms with E-state index < -0.39 is 11.6 Å². The van der Waals surface area contributed by atoms with Crippen LogP contribution in [0.1, 0.15) is 6.42 Å². The molecule has 0 radical (unpaired) electrons. The van der Waals surface area contributed by atoms with Crippen molar-refractivity contribution in [1.29, 1.82) is 0 Å². The summed E-state index contributed by atoms with van der Waals surface area (Å²) in [6.07, 6.45) is 4.31. The van der Waals surface area contributed by atoms with Crippen molar-refractivity contribution in [2.24, 2.45) is 0 Å². The van der Waals surface area contributed by atoms with Crippen molar-refractivity contribution < 1.29 is 17.9 Å². The quantitative estimate of drug-likeness (QED) is 0.238. The molecule has 0 atom stereocenters. The lowest BCUT2D eigenvalue weighted by molar-refractivity contribution is 0.247. The molecule has 0 aliphatic carbocycles. The van der Waals surface area contributed by atoms with E-state index in [4.69, 9.17) is 14.9 Å². The van der Waals surface area contributed by atoms with Crippen LogP contribution in [0.15, 0.2) is 39.7 Å². The zero-order chi connectivity index (χ0) is 28.5. The largest absolute Gasteiger partial charge is 0.490 e. The van der Waals surface area contributed by atoms with Gasteiger partial charge in [-0.1, -0.05) is 11.3 Å². The highest BCUT2D eigenvalue weighted by Crippen LogP contribution is 2.30. The van der Waals surface area contributed by atoms with Crippen LogP contribution >= 0.6 is 23.1 Å². The molecule has 1 aliphatic rings. The van der Waals surface area contributed by atoms with Gasteiger partial charge in [-0.3, -0.25) is 14.3 Å². The summed E-state index contributed by atoms with van der Waals surface area (Å²) in [4.78, 5) is 25.9. The molecule has 1 saturated heterocycles. The number of thioether (sulfide) groups is 1. The first-order valence-corrected chi connectivity index (χ1v) is 15.3. The number of furan rings is 1. The molecule has 0 amide bonds. The molecule has 0 saturated carbocycles. The molecule has 2 N–H and O–H groups in total. The molecule has 4 aromatic heterocycles. The third kappa shape index (κ3) is 5.48. The van der Waals surface area contributed by atoms with Crippen molar-refractivity contribution in [3.63, 3.8) is 0 Å². The molecule has 1 aliphatic heterocycles. The highest BCUT2D eigenvalue weighted by molar-refractivity contribution is 7.98. The number of rotatable bonds is 10. The summed E-state index contributed by atoms with van der Waals surface area (Å²) in [6, 6.07) is 5.83. The number of halogens is 2. The molecule has 11 nitrogen and oxygen atoms in total. The highest BCUT2D eigenvalue weighted by Gasteiger charge is 2.23. The second-order valence-electron chi connectivity index (χ2n) is 9.55. The van der Waals surface area contributed by atoms with E-state index in [0.717, 1.165) is 29.6 Å². The Labute approximate surface area is 241 Å². The van der Waals surface area contributed by atoms with Gasteiger partial charge in [0.1, 0.15) is 10.5 Å². The molecular formula is C26H28F2N8O3S2. The summed E-state index contributed by atoms with van der Waals surface area (Å²) < 4.78 is 43.5. The minimum absolute atomic E-state index is 0.0680. The van der Waals surface area contributed by atoms with Crippen LogP contribution < -0.4 is 20.2 Å². The Morgan fingerprint density at radius 2 is 1.95 bits per heavy atom. The van der Waals surface area contributed by atoms with Gasteiger partial charge in [-0.05, 0) is 30.6 Å². The molecular weight excluding hydrogens is 574 g/mol. The molecule has 5 heterocycles. The highest BCUT2D eigenvalue weighted by atomic mass is 32.2. The Balaban J connectivity index is 1.13. The maximum absolute atomic E-state index is 14.7. The van der Waals surface area contributed by atoms with Gasteiger partial charge < -0.3 is 19.8 Å². The number of aromatic nitrogens is 5. The number of hydrogen-bond donors (Lipinski definition) is 1. The lowest BCUT2D eigenvalue weighted by Crippen LogP contribution is -2.47. The first-order valence-electron chi connectivity index (χ1n) is 13.1. The maximum Gasteiger partial charge on any atom is 0.309 e. The average Bonchev–Trinajstić information content (AvgIpc) is 3.71. The molecule has 0 spiro atoms. The topological polar surface area (TPSA) is 120 Å². The standard InChI is InChI=1S/C26H28F2N8O3S2/c1-40-13-3-12-39-20-15-18(16(27)14-17(20)28)34-8-5-33(6-9-34)7-10-35-23-21(41-26(35)37)24-30-22(19-4-2-11-38-19)32-36(24)25(29)31-23/h2,4,11,14-15H,3,5-10,12-13H2,1H3,(H2,29,31). The number of piperazine rings is 1. The fourth-order valence-electron chi connectivity index (χ4n) is 4.85. The fraction of sp³-hybridized carbons (Fsp3) is 0.385. The van der Waals surface area contributed by atoms with Crippen molar-refractivity contribution in [1.82, 2.24) is 29.0 Å². The van der Waals surface area contributed by atoms with Crippen molar-refractivity contribution in [3.05, 3.63) is 51.8 Å². The lowest BCUT2D eigenvalue weighted by Gasteiger charge is -2.36. The molecule has 216 valence electrons. The molecule has 1 fully saturated rings. The minimum atomic E-state index is -0.697. The van der Waals surface area contributed by atoms with Gasteiger partial charge in [0.05, 0.1) is 18.6 Å². The monoisotopic (exact) mass is 602 g/mol. The van der Waals surface area contributed by atoms with Gasteiger partial charge in [0.25, 0.3) is 0 Å². The van der Waals surface area contributed by atoms with E-state index in [2.05, 4.69) is 20.0 Å². The van der Waals surface area contributed by atoms with Crippen LogP contribution in [0, 0.1) is 11.6 Å². The van der Waals surface area contributed by atoms with E-state index in [9.17, 15) is 13.6 Å². The first-order chi connectivity index (χ1) is 19.9. The molecule has 6 rings (SSSR count). The number of nitrogen functional groups attached to an aromatic ring is 1. The van der Waals surface area contributed by atoms with E-state index in [1.807, 2.05) is 11.2 Å². The number of ether oxygens (including phenoxy) is 1. The van der Waals surface area contributed by atoms with E-state index in [-0.39, 0.29) is 16.6 Å². The number of nitrogens with two attached hydrogens (primary N) is 1. The van der Waals surface area contributed by atoms with Crippen LogP contribution in [0.2, 0.25) is 0 Å². The van der Waals surface area contributed by atoms with Crippen molar-refractivity contribution in [2.45, 2.75) is 13.0 Å². The third-order valence-electron chi connectivity index (χ3n) is 6.96. The van der Waals surface area contributed by atoms with Crippen LogP contribution in [0.3, 0.4) is 0 Å². The van der Waals surface area contributed by atoms with Crippen molar-refractivity contribution in [2.75, 3.05) is 62.0 Å². The molecule has 15 heteroatoms. The first kappa shape index (κ1) is 27.5. The molecule has 0 bridgehead atoms. The van der Waals surface area contributed by atoms with Gasteiger partial charge in [-0.15, -0.1) is 5.10 Å². The van der Waals surface area contributed by atoms with Gasteiger partial charge in [0.15, 0.2) is 28.6 Å². The predicted octanol–water partition coefficient (Wildman–Crippen LogP) is 3.58. The lowest BCUT2D eigenvalue weighted by atomic mass is 10.2. The summed E-state index contributed by atoms with van der Waals surface area (Å²) in [5.41, 5.74) is 7.41. The molecule has 41 heavy (non-hydrogen) atoms. The van der Waals surface area contributed by atoms with E-state index in [0.29, 0.717) is 79.1 Å². The van der Waals surface area contributed by atoms with Crippen LogP contribution in [0.4, 0.5) is 20.4 Å². The van der Waals surface area contributed by atoms with Gasteiger partial charge >= 0.3 is 4.87 Å². The predicted molar refractivity (Wildman–Crippen MR) is 156 cm³/mol. The number of thiazole rings is 1. The number of benzene rings is 1. The number of hydrogen-bond acceptors (Lipinski definition) is 11. The second kappa shape index (κ2) is 11.7. The third-order valence-corrected chi connectivity index (χ3v) is 8.62. The Bertz CT molecular complexity index is 1730. The summed E-state index contributed by atoms with van der Waals surface area (Å²) in [5.74, 6) is 0.632. The second-order valence-corrected chi connectivity index (χ2v) is 11.5. The molecule has 5 aromatic rings. The van der Waals surface area contributed by atoms with Crippen LogP contribution in [-0.4, -0.2) is 80.4 Å². The van der Waals surface area contributed by atoms with Crippen LogP contribution in [0.25, 0.3) is 27.6 Å². The number of nitrogens with zero attached hydrogens (tertiary/aromatic N) is 7. The number of anilines is 2. The smallest absolute Gasteiger partial charge is 0.309 e. The molecule has 1 aromatic carbocycles. The van der Waals surface area contributed by atoms with E-state index in [1.165, 1.54) is 16.8 Å². The zero-order valence-electron chi connectivity index (χ0n) is 22.3. The summed E-state index contributed by atoms with van der Waals surface area (Å²) >= 11 is 2.74. The van der Waals surface area contributed by atoms with Gasteiger partial charge in [0, 0.05) is 51.4 Å². The SMILES string of the molecule is CSCCCOc1cc(N2CCN(CCn3c(=O)sc4c3nc(N)n3nc(-c5ccco5)nc43)CC2)c(F)cc1F. The van der Waals surface area contributed by atoms with E-state index >= 15 is 0 Å². The Hall–Kier alpha value is -3.69. The summed E-state index contributed by atoms with van der Waals surface area (Å²) in [6.45, 7) is 3.76. The molecule has 0 unspecified atom stereocenters. The maximum atomic E-state index is 14.7. The summed E-state index contributed by atoms with van der Waals surface area (Å²) in [5, 5.41) is 4.38. The minimum Gasteiger partial charge on any atom is -0.490 e. The Morgan fingerprint density at radius 1 is 1.12 bits per heavy atom. The van der Waals surface area contributed by atoms with Gasteiger partial charge in [-0.2, -0.15) is 21.3 Å². The van der Waals surface area contributed by atoms with Crippen LogP contribution in [0.5, 0.6) is 5.75 Å². The summed E-state index contributed by atoms with van der Waals surface area (Å²) in [7, 11) is 0. The van der Waals surface area contributed by atoms with Crippen LogP contribution in [-0.2, 0) is 6.54 Å². The zero-order valence-corrected chi connectivity index (χ0v) is 23.9. The van der Waals surface area contributed by atoms with E-state index in [1.54, 1.807) is 28.5 Å². The van der Waals surface area contributed by atoms with Crippen molar-refractivity contribution >= 4 is 50.7 Å². The Morgan fingerprint density at radius 3 is 2.71 bits per heavy atom. The normalized spacial score (nSPS) is 14.5. The van der Waals surface area contributed by atoms with Gasteiger partial charge in [0.2, 0.25) is 11.8 Å². The number of fused-ring (bicyclic) bond motifs is 3. The fourth-order valence-corrected chi connectivity index (χ4v) is 6.19. The van der Waals surface area contributed by atoms with Crippen molar-refractivity contribution in [3.8, 4) is 17.3 Å². The van der Waals surface area contributed by atoms with Gasteiger partial charge in [-0.25, -0.2) is 13.8 Å².